The maximum atomic E-state index is 13.3. The molecule has 0 N–H and O–H groups in total. The highest BCUT2D eigenvalue weighted by Crippen LogP contribution is 2.48. The number of benzene rings is 3. The summed E-state index contributed by atoms with van der Waals surface area (Å²) in [6.07, 6.45) is 0.170. The first-order chi connectivity index (χ1) is 13.6. The second-order valence-corrected chi connectivity index (χ2v) is 7.52. The van der Waals surface area contributed by atoms with E-state index in [4.69, 9.17) is 14.2 Å². The van der Waals surface area contributed by atoms with Crippen LogP contribution in [0, 0.1) is 0 Å². The van der Waals surface area contributed by atoms with E-state index in [1.807, 2.05) is 54.6 Å². The predicted molar refractivity (Wildman–Crippen MR) is 110 cm³/mol. The van der Waals surface area contributed by atoms with Gasteiger partial charge in [0.15, 0.2) is 11.4 Å². The Balaban J connectivity index is 1.96. The first-order valence-corrected chi connectivity index (χ1v) is 9.66. The Morgan fingerprint density at radius 1 is 0.929 bits per heavy atom. The summed E-state index contributed by atoms with van der Waals surface area (Å²) in [4.78, 5) is 13.3. The summed E-state index contributed by atoms with van der Waals surface area (Å²) in [5, 5.41) is 0. The average molecular weight is 439 g/mol. The first kappa shape index (κ1) is 18.6. The van der Waals surface area contributed by atoms with E-state index in [2.05, 4.69) is 15.9 Å². The third-order valence-corrected chi connectivity index (χ3v) is 5.49. The van der Waals surface area contributed by atoms with Gasteiger partial charge in [-0.25, -0.2) is 0 Å². The lowest BCUT2D eigenvalue weighted by Gasteiger charge is -2.39. The van der Waals surface area contributed by atoms with Gasteiger partial charge in [-0.1, -0.05) is 58.4 Å². The molecule has 28 heavy (non-hydrogen) atoms. The van der Waals surface area contributed by atoms with Gasteiger partial charge in [-0.15, -0.1) is 0 Å². The van der Waals surface area contributed by atoms with Crippen molar-refractivity contribution in [2.75, 3.05) is 14.2 Å². The number of Topliss-reactive ketones (excluding diaryl/α,β-unsaturated/α-hetero) is 1. The SMILES string of the molecule is COc1cc(OC)c2c(c1)OC(c1ccccc1)(c1cccc(Br)c1)CC2=O. The number of fused-ring (bicyclic) bond motifs is 1. The van der Waals surface area contributed by atoms with Crippen LogP contribution in [0.2, 0.25) is 0 Å². The maximum absolute atomic E-state index is 13.3. The van der Waals surface area contributed by atoms with Crippen LogP contribution in [0.3, 0.4) is 0 Å². The van der Waals surface area contributed by atoms with Gasteiger partial charge in [-0.3, -0.25) is 4.79 Å². The van der Waals surface area contributed by atoms with Gasteiger partial charge in [-0.05, 0) is 12.1 Å². The van der Waals surface area contributed by atoms with Crippen LogP contribution < -0.4 is 14.2 Å². The zero-order chi connectivity index (χ0) is 19.7. The molecule has 0 radical (unpaired) electrons. The normalized spacial score (nSPS) is 18.2. The van der Waals surface area contributed by atoms with Crippen molar-refractivity contribution in [1.82, 2.24) is 0 Å². The number of hydrogen-bond donors (Lipinski definition) is 0. The quantitative estimate of drug-likeness (QED) is 0.548. The Bertz CT molecular complexity index is 1030. The van der Waals surface area contributed by atoms with Crippen LogP contribution in [0.15, 0.2) is 71.2 Å². The number of hydrogen-bond acceptors (Lipinski definition) is 4. The summed E-state index contributed by atoms with van der Waals surface area (Å²) in [6, 6.07) is 21.1. The van der Waals surface area contributed by atoms with E-state index in [9.17, 15) is 4.79 Å². The summed E-state index contributed by atoms with van der Waals surface area (Å²) in [6.45, 7) is 0. The molecule has 0 amide bonds. The minimum Gasteiger partial charge on any atom is -0.496 e. The summed E-state index contributed by atoms with van der Waals surface area (Å²) in [5.41, 5.74) is 1.32. The van der Waals surface area contributed by atoms with E-state index in [-0.39, 0.29) is 12.2 Å². The maximum Gasteiger partial charge on any atom is 0.175 e. The van der Waals surface area contributed by atoms with Crippen molar-refractivity contribution in [1.29, 1.82) is 0 Å². The molecule has 3 aromatic carbocycles. The van der Waals surface area contributed by atoms with Crippen LogP contribution >= 0.6 is 15.9 Å². The molecule has 0 saturated heterocycles. The number of halogens is 1. The molecule has 4 rings (SSSR count). The van der Waals surface area contributed by atoms with Crippen molar-refractivity contribution in [3.8, 4) is 17.2 Å². The topological polar surface area (TPSA) is 44.8 Å². The molecule has 0 fully saturated rings. The number of methoxy groups -OCH3 is 2. The molecule has 0 spiro atoms. The van der Waals surface area contributed by atoms with Gasteiger partial charge in [0.2, 0.25) is 0 Å². The largest absolute Gasteiger partial charge is 0.496 e. The lowest BCUT2D eigenvalue weighted by atomic mass is 9.79. The van der Waals surface area contributed by atoms with Crippen LogP contribution in [0.4, 0.5) is 0 Å². The smallest absolute Gasteiger partial charge is 0.175 e. The van der Waals surface area contributed by atoms with Crippen molar-refractivity contribution in [3.63, 3.8) is 0 Å². The lowest BCUT2D eigenvalue weighted by molar-refractivity contribution is 0.0609. The number of ether oxygens (including phenoxy) is 3. The van der Waals surface area contributed by atoms with Gasteiger partial charge < -0.3 is 14.2 Å². The second kappa shape index (κ2) is 7.32. The molecule has 1 heterocycles. The predicted octanol–water partition coefficient (Wildman–Crippen LogP) is 5.38. The van der Waals surface area contributed by atoms with E-state index in [1.165, 1.54) is 7.11 Å². The summed E-state index contributed by atoms with van der Waals surface area (Å²) >= 11 is 3.54. The molecule has 1 aliphatic heterocycles. The van der Waals surface area contributed by atoms with Crippen LogP contribution in [0.5, 0.6) is 17.2 Å². The molecule has 0 aromatic heterocycles. The summed E-state index contributed by atoms with van der Waals surface area (Å²) in [5.74, 6) is 1.44. The zero-order valence-electron chi connectivity index (χ0n) is 15.6. The fourth-order valence-corrected chi connectivity index (χ4v) is 4.07. The average Bonchev–Trinajstić information content (AvgIpc) is 2.73. The molecule has 0 aliphatic carbocycles. The third kappa shape index (κ3) is 3.06. The molecular weight excluding hydrogens is 420 g/mol. The molecule has 3 aromatic rings. The molecule has 5 heteroatoms. The molecule has 142 valence electrons. The second-order valence-electron chi connectivity index (χ2n) is 6.61. The first-order valence-electron chi connectivity index (χ1n) is 8.87. The van der Waals surface area contributed by atoms with E-state index in [1.54, 1.807) is 19.2 Å². The van der Waals surface area contributed by atoms with Gasteiger partial charge >= 0.3 is 0 Å². The van der Waals surface area contributed by atoms with Gasteiger partial charge in [-0.2, -0.15) is 0 Å². The van der Waals surface area contributed by atoms with E-state index in [0.29, 0.717) is 22.8 Å². The van der Waals surface area contributed by atoms with Gasteiger partial charge in [0.1, 0.15) is 22.8 Å². The van der Waals surface area contributed by atoms with Crippen LogP contribution in [0.25, 0.3) is 0 Å². The molecule has 1 aliphatic rings. The van der Waals surface area contributed by atoms with Crippen LogP contribution in [-0.4, -0.2) is 20.0 Å². The zero-order valence-corrected chi connectivity index (χ0v) is 17.2. The van der Waals surface area contributed by atoms with Gasteiger partial charge in [0, 0.05) is 27.7 Å². The standard InChI is InChI=1S/C23H19BrO4/c1-26-18-12-20(27-2)22-19(25)14-23(28-21(22)13-18,15-7-4-3-5-8-15)16-9-6-10-17(24)11-16/h3-13H,14H2,1-2H3. The van der Waals surface area contributed by atoms with Gasteiger partial charge in [0.05, 0.1) is 20.6 Å². The highest BCUT2D eigenvalue weighted by molar-refractivity contribution is 9.10. The van der Waals surface area contributed by atoms with Crippen molar-refractivity contribution in [2.45, 2.75) is 12.0 Å². The number of ketones is 1. The Labute approximate surface area is 172 Å². The van der Waals surface area contributed by atoms with E-state index < -0.39 is 5.60 Å². The summed E-state index contributed by atoms with van der Waals surface area (Å²) < 4.78 is 18.3. The minimum atomic E-state index is -0.938. The van der Waals surface area contributed by atoms with Crippen LogP contribution in [-0.2, 0) is 5.60 Å². The lowest BCUT2D eigenvalue weighted by Crippen LogP contribution is -2.40. The van der Waals surface area contributed by atoms with Gasteiger partial charge in [0.25, 0.3) is 0 Å². The molecule has 0 bridgehead atoms. The van der Waals surface area contributed by atoms with Crippen molar-refractivity contribution in [2.24, 2.45) is 0 Å². The molecule has 0 saturated carbocycles. The monoisotopic (exact) mass is 438 g/mol. The van der Waals surface area contributed by atoms with Crippen LogP contribution in [0.1, 0.15) is 27.9 Å². The number of carbonyl (C=O) groups excluding carboxylic acids is 1. The van der Waals surface area contributed by atoms with Crippen molar-refractivity contribution >= 4 is 21.7 Å². The summed E-state index contributed by atoms with van der Waals surface area (Å²) in [7, 11) is 3.11. The number of carbonyl (C=O) groups is 1. The Hall–Kier alpha value is -2.79. The Morgan fingerprint density at radius 2 is 1.68 bits per heavy atom. The minimum absolute atomic E-state index is 0.0374. The molecule has 1 atom stereocenters. The fraction of sp³-hybridized carbons (Fsp3) is 0.174. The third-order valence-electron chi connectivity index (χ3n) is 5.00. The highest BCUT2D eigenvalue weighted by atomic mass is 79.9. The molecule has 1 unspecified atom stereocenters. The van der Waals surface area contributed by atoms with Crippen molar-refractivity contribution < 1.29 is 19.0 Å². The van der Waals surface area contributed by atoms with Crippen molar-refractivity contribution in [3.05, 3.63) is 87.9 Å². The highest BCUT2D eigenvalue weighted by Gasteiger charge is 2.45. The molecular formula is C23H19BrO4. The van der Waals surface area contributed by atoms with E-state index >= 15 is 0 Å². The Morgan fingerprint density at radius 3 is 2.36 bits per heavy atom. The fourth-order valence-electron chi connectivity index (χ4n) is 3.67. The Kier molecular flexibility index (Phi) is 4.85. The molecule has 4 nitrogen and oxygen atoms in total. The number of rotatable bonds is 4. The van der Waals surface area contributed by atoms with E-state index in [0.717, 1.165) is 15.6 Å².